The van der Waals surface area contributed by atoms with E-state index in [0.717, 1.165) is 11.7 Å². The van der Waals surface area contributed by atoms with Crippen LogP contribution in [0.4, 0.5) is 4.39 Å². The van der Waals surface area contributed by atoms with Crippen molar-refractivity contribution >= 4 is 40.6 Å². The maximum Gasteiger partial charge on any atom is 0.369 e. The lowest BCUT2D eigenvalue weighted by Gasteiger charge is -2.22. The van der Waals surface area contributed by atoms with Crippen LogP contribution in [0.2, 0.25) is 0 Å². The van der Waals surface area contributed by atoms with E-state index in [1.807, 2.05) is 0 Å². The molecule has 1 unspecified atom stereocenters. The molecule has 4 nitrogen and oxygen atoms in total. The maximum atomic E-state index is 14.9. The normalized spacial score (nSPS) is 13.2. The van der Waals surface area contributed by atoms with Gasteiger partial charge in [-0.05, 0) is 42.8 Å². The molecule has 0 aliphatic heterocycles. The molecule has 0 saturated heterocycles. The molecule has 0 aliphatic rings. The number of benzene rings is 2. The van der Waals surface area contributed by atoms with Crippen LogP contribution < -0.4 is 0 Å². The van der Waals surface area contributed by atoms with Crippen molar-refractivity contribution in [3.05, 3.63) is 45.9 Å². The molecular formula is C16H17BrFO4P. The van der Waals surface area contributed by atoms with E-state index in [-0.39, 0.29) is 18.8 Å². The second-order valence-electron chi connectivity index (χ2n) is 4.81. The van der Waals surface area contributed by atoms with Crippen molar-refractivity contribution in [1.82, 2.24) is 0 Å². The number of aldehydes is 1. The summed E-state index contributed by atoms with van der Waals surface area (Å²) in [6, 6.07) is 8.37. The fraction of sp³-hybridized carbons (Fsp3) is 0.312. The molecule has 0 aliphatic carbocycles. The highest BCUT2D eigenvalue weighted by Crippen LogP contribution is 2.62. The van der Waals surface area contributed by atoms with E-state index in [0.29, 0.717) is 15.4 Å². The number of alkyl halides is 1. The molecule has 0 N–H and O–H groups in total. The first-order chi connectivity index (χ1) is 10.9. The Labute approximate surface area is 142 Å². The van der Waals surface area contributed by atoms with E-state index in [1.165, 1.54) is 0 Å². The highest BCUT2D eigenvalue weighted by Gasteiger charge is 2.38. The predicted octanol–water partition coefficient (Wildman–Crippen LogP) is 5.65. The van der Waals surface area contributed by atoms with Gasteiger partial charge in [0, 0.05) is 15.6 Å². The molecule has 0 saturated carbocycles. The number of hydrogen-bond donors (Lipinski definition) is 0. The first kappa shape index (κ1) is 18.3. The first-order valence-corrected chi connectivity index (χ1v) is 9.57. The van der Waals surface area contributed by atoms with Gasteiger partial charge in [-0.25, -0.2) is 4.39 Å². The molecule has 0 spiro atoms. The van der Waals surface area contributed by atoms with Crippen LogP contribution in [0.25, 0.3) is 10.8 Å². The highest BCUT2D eigenvalue weighted by atomic mass is 79.9. The summed E-state index contributed by atoms with van der Waals surface area (Å²) in [6.45, 7) is 3.42. The average Bonchev–Trinajstić information content (AvgIpc) is 2.53. The van der Waals surface area contributed by atoms with Crippen LogP contribution in [0, 0.1) is 0 Å². The van der Waals surface area contributed by atoms with Gasteiger partial charge in [0.1, 0.15) is 6.29 Å². The minimum absolute atomic E-state index is 0.0815. The standard InChI is InChI=1S/C16H17BrFO4P/c1-3-21-23(20,22-4-2)16(18)14-8-13-7-11(10-19)5-6-12(13)9-15(14)17/h5-10,16H,3-4H2,1-2H3. The Morgan fingerprint density at radius 2 is 1.83 bits per heavy atom. The van der Waals surface area contributed by atoms with Crippen molar-refractivity contribution in [2.45, 2.75) is 19.8 Å². The molecule has 1 atom stereocenters. The summed E-state index contributed by atoms with van der Waals surface area (Å²) >= 11 is 3.31. The van der Waals surface area contributed by atoms with Gasteiger partial charge in [0.2, 0.25) is 5.91 Å². The summed E-state index contributed by atoms with van der Waals surface area (Å²) in [4.78, 5) is 10.9. The lowest BCUT2D eigenvalue weighted by molar-refractivity contribution is 0.112. The molecule has 0 bridgehead atoms. The number of carbonyl (C=O) groups is 1. The van der Waals surface area contributed by atoms with Gasteiger partial charge in [-0.2, -0.15) is 0 Å². The van der Waals surface area contributed by atoms with Crippen molar-refractivity contribution in [3.63, 3.8) is 0 Å². The highest BCUT2D eigenvalue weighted by molar-refractivity contribution is 9.10. The molecule has 23 heavy (non-hydrogen) atoms. The third-order valence-corrected chi connectivity index (χ3v) is 6.02. The van der Waals surface area contributed by atoms with Gasteiger partial charge in [-0.3, -0.25) is 9.36 Å². The van der Waals surface area contributed by atoms with E-state index >= 15 is 0 Å². The Hall–Kier alpha value is -1.07. The zero-order chi connectivity index (χ0) is 17.0. The van der Waals surface area contributed by atoms with Crippen molar-refractivity contribution in [2.24, 2.45) is 0 Å². The summed E-state index contributed by atoms with van der Waals surface area (Å²) in [5.41, 5.74) is 0.657. The molecule has 0 radical (unpaired) electrons. The topological polar surface area (TPSA) is 52.6 Å². The van der Waals surface area contributed by atoms with Gasteiger partial charge >= 0.3 is 7.60 Å². The Bertz CT molecular complexity index is 755. The van der Waals surface area contributed by atoms with Crippen molar-refractivity contribution < 1.29 is 22.8 Å². The van der Waals surface area contributed by atoms with Crippen LogP contribution in [0.3, 0.4) is 0 Å². The monoisotopic (exact) mass is 402 g/mol. The lowest BCUT2D eigenvalue weighted by Crippen LogP contribution is -2.03. The summed E-state index contributed by atoms with van der Waals surface area (Å²) in [5, 5.41) is 1.51. The Kier molecular flexibility index (Phi) is 6.09. The zero-order valence-corrected chi connectivity index (χ0v) is 15.3. The van der Waals surface area contributed by atoms with E-state index < -0.39 is 13.5 Å². The predicted molar refractivity (Wildman–Crippen MR) is 91.7 cm³/mol. The number of rotatable bonds is 7. The summed E-state index contributed by atoms with van der Waals surface area (Å²) in [5.74, 6) is -1.92. The maximum absolute atomic E-state index is 14.9. The van der Waals surface area contributed by atoms with Crippen LogP contribution in [0.5, 0.6) is 0 Å². The molecule has 0 amide bonds. The van der Waals surface area contributed by atoms with Gasteiger partial charge in [0.05, 0.1) is 13.2 Å². The number of fused-ring (bicyclic) bond motifs is 1. The van der Waals surface area contributed by atoms with Gasteiger partial charge < -0.3 is 9.05 Å². The minimum atomic E-state index is -3.92. The molecule has 0 heterocycles. The van der Waals surface area contributed by atoms with Gasteiger partial charge in [-0.15, -0.1) is 0 Å². The Morgan fingerprint density at radius 3 is 2.39 bits per heavy atom. The van der Waals surface area contributed by atoms with Crippen LogP contribution in [-0.4, -0.2) is 19.5 Å². The summed E-state index contributed by atoms with van der Waals surface area (Å²) < 4.78 is 38.2. The van der Waals surface area contributed by atoms with E-state index in [1.54, 1.807) is 44.2 Å². The van der Waals surface area contributed by atoms with E-state index in [9.17, 15) is 13.8 Å². The largest absolute Gasteiger partial charge is 0.369 e. The SMILES string of the molecule is CCOP(=O)(OCC)C(F)c1cc2cc(C=O)ccc2cc1Br. The Morgan fingerprint density at radius 1 is 1.17 bits per heavy atom. The summed E-state index contributed by atoms with van der Waals surface area (Å²) in [6.07, 6.45) is 0.722. The van der Waals surface area contributed by atoms with E-state index in [4.69, 9.17) is 9.05 Å². The smallest absolute Gasteiger partial charge is 0.307 e. The minimum Gasteiger partial charge on any atom is -0.307 e. The summed E-state index contributed by atoms with van der Waals surface area (Å²) in [7, 11) is -3.92. The van der Waals surface area contributed by atoms with Crippen molar-refractivity contribution in [1.29, 1.82) is 0 Å². The van der Waals surface area contributed by atoms with Crippen LogP contribution in [0.15, 0.2) is 34.8 Å². The van der Waals surface area contributed by atoms with Crippen molar-refractivity contribution in [2.75, 3.05) is 13.2 Å². The number of hydrogen-bond acceptors (Lipinski definition) is 4. The number of halogens is 2. The van der Waals surface area contributed by atoms with Crippen LogP contribution in [0.1, 0.15) is 35.7 Å². The van der Waals surface area contributed by atoms with Crippen LogP contribution in [-0.2, 0) is 13.6 Å². The molecular weight excluding hydrogens is 386 g/mol. The quantitative estimate of drug-likeness (QED) is 0.443. The molecule has 2 rings (SSSR count). The van der Waals surface area contributed by atoms with Gasteiger partial charge in [-0.1, -0.05) is 28.1 Å². The molecule has 7 heteroatoms. The molecule has 0 aromatic heterocycles. The molecule has 2 aromatic carbocycles. The zero-order valence-electron chi connectivity index (χ0n) is 12.8. The van der Waals surface area contributed by atoms with Gasteiger partial charge in [0.15, 0.2) is 0 Å². The van der Waals surface area contributed by atoms with E-state index in [2.05, 4.69) is 15.9 Å². The third-order valence-electron chi connectivity index (χ3n) is 3.27. The first-order valence-electron chi connectivity index (χ1n) is 7.16. The second-order valence-corrected chi connectivity index (χ2v) is 7.71. The fourth-order valence-corrected chi connectivity index (χ4v) is 4.61. The van der Waals surface area contributed by atoms with Crippen molar-refractivity contribution in [3.8, 4) is 0 Å². The van der Waals surface area contributed by atoms with Gasteiger partial charge in [0.25, 0.3) is 0 Å². The second kappa shape index (κ2) is 7.67. The molecule has 0 fully saturated rings. The average molecular weight is 403 g/mol. The van der Waals surface area contributed by atoms with Crippen LogP contribution >= 0.6 is 23.5 Å². The Balaban J connectivity index is 2.54. The fourth-order valence-electron chi connectivity index (χ4n) is 2.26. The lowest BCUT2D eigenvalue weighted by atomic mass is 10.1. The molecule has 2 aromatic rings. The number of carbonyl (C=O) groups excluding carboxylic acids is 1. The molecule has 124 valence electrons. The third kappa shape index (κ3) is 3.89.